The van der Waals surface area contributed by atoms with Crippen LogP contribution in [-0.4, -0.2) is 16.9 Å². The van der Waals surface area contributed by atoms with Crippen molar-refractivity contribution in [3.8, 4) is 11.4 Å². The summed E-state index contributed by atoms with van der Waals surface area (Å²) in [4.78, 5) is 0. The molecule has 0 aliphatic rings. The zero-order valence-electron chi connectivity index (χ0n) is 7.95. The Hall–Kier alpha value is -1.36. The first-order valence-corrected chi connectivity index (χ1v) is 5.05. The number of benzene rings is 1. The first-order valence-electron chi connectivity index (χ1n) is 4.26. The van der Waals surface area contributed by atoms with Gasteiger partial charge in [0.2, 0.25) is 5.95 Å². The molecule has 0 amide bonds. The maximum absolute atomic E-state index is 13.5. The first-order chi connectivity index (χ1) is 7.22. The Bertz CT molecular complexity index is 467. The monoisotopic (exact) mass is 270 g/mol. The van der Waals surface area contributed by atoms with Crippen molar-refractivity contribution in [2.24, 2.45) is 0 Å². The summed E-state index contributed by atoms with van der Waals surface area (Å²) in [6, 6.07) is 6.98. The van der Waals surface area contributed by atoms with E-state index >= 15 is 0 Å². The average molecular weight is 271 g/mol. The fourth-order valence-electron chi connectivity index (χ4n) is 1.22. The van der Waals surface area contributed by atoms with E-state index in [4.69, 9.17) is 4.74 Å². The quantitative estimate of drug-likeness (QED) is 0.839. The van der Waals surface area contributed by atoms with Crippen LogP contribution in [0.4, 0.5) is 4.39 Å². The van der Waals surface area contributed by atoms with E-state index in [-0.39, 0.29) is 0 Å². The molecule has 1 aromatic carbocycles. The molecule has 0 unspecified atom stereocenters. The lowest BCUT2D eigenvalue weighted by Crippen LogP contribution is -1.99. The minimum Gasteiger partial charge on any atom is -0.497 e. The molecule has 2 aromatic rings. The van der Waals surface area contributed by atoms with Gasteiger partial charge in [0.15, 0.2) is 0 Å². The van der Waals surface area contributed by atoms with Crippen LogP contribution in [0.1, 0.15) is 0 Å². The van der Waals surface area contributed by atoms with Gasteiger partial charge in [0.05, 0.1) is 23.5 Å². The highest BCUT2D eigenvalue weighted by molar-refractivity contribution is 9.10. The number of halogens is 2. The maximum atomic E-state index is 13.5. The summed E-state index contributed by atoms with van der Waals surface area (Å²) in [5.74, 6) is 0.311. The lowest BCUT2D eigenvalue weighted by molar-refractivity contribution is 0.414. The third-order valence-electron chi connectivity index (χ3n) is 1.99. The largest absolute Gasteiger partial charge is 0.497 e. The fourth-order valence-corrected chi connectivity index (χ4v) is 1.48. The van der Waals surface area contributed by atoms with E-state index in [9.17, 15) is 4.39 Å². The summed E-state index contributed by atoms with van der Waals surface area (Å²) in [6.07, 6.45) is 1.42. The predicted octanol–water partition coefficient (Wildman–Crippen LogP) is 2.78. The van der Waals surface area contributed by atoms with Crippen LogP contribution in [0.15, 0.2) is 34.9 Å². The van der Waals surface area contributed by atoms with Gasteiger partial charge in [-0.1, -0.05) is 0 Å². The van der Waals surface area contributed by atoms with Crippen LogP contribution in [0.5, 0.6) is 5.75 Å². The van der Waals surface area contributed by atoms with Gasteiger partial charge >= 0.3 is 0 Å². The van der Waals surface area contributed by atoms with Gasteiger partial charge in [0, 0.05) is 0 Å². The number of nitrogens with zero attached hydrogens (tertiary/aromatic N) is 2. The molecule has 0 fully saturated rings. The summed E-state index contributed by atoms with van der Waals surface area (Å²) in [7, 11) is 1.58. The number of hydrogen-bond acceptors (Lipinski definition) is 2. The van der Waals surface area contributed by atoms with Crippen LogP contribution in [0.25, 0.3) is 5.69 Å². The van der Waals surface area contributed by atoms with Crippen molar-refractivity contribution in [3.05, 3.63) is 40.9 Å². The van der Waals surface area contributed by atoms with Gasteiger partial charge < -0.3 is 4.74 Å². The van der Waals surface area contributed by atoms with Crippen LogP contribution in [-0.2, 0) is 0 Å². The second-order valence-electron chi connectivity index (χ2n) is 2.89. The number of aromatic nitrogens is 2. The van der Waals surface area contributed by atoms with Gasteiger partial charge in [-0.25, -0.2) is 4.68 Å². The normalized spacial score (nSPS) is 10.3. The second kappa shape index (κ2) is 4.02. The van der Waals surface area contributed by atoms with E-state index < -0.39 is 5.95 Å². The van der Waals surface area contributed by atoms with Gasteiger partial charge in [-0.15, -0.1) is 0 Å². The minimum absolute atomic E-state index is 0.346. The molecule has 5 heteroatoms. The molecule has 78 valence electrons. The fraction of sp³-hybridized carbons (Fsp3) is 0.100. The smallest absolute Gasteiger partial charge is 0.230 e. The Morgan fingerprint density at radius 3 is 2.47 bits per heavy atom. The lowest BCUT2D eigenvalue weighted by Gasteiger charge is -2.03. The molecule has 0 saturated heterocycles. The number of methoxy groups -OCH3 is 1. The second-order valence-corrected chi connectivity index (χ2v) is 3.75. The van der Waals surface area contributed by atoms with Crippen molar-refractivity contribution in [2.75, 3.05) is 7.11 Å². The van der Waals surface area contributed by atoms with Crippen molar-refractivity contribution in [3.63, 3.8) is 0 Å². The van der Waals surface area contributed by atoms with E-state index in [1.807, 2.05) is 0 Å². The Labute approximate surface area is 94.6 Å². The summed E-state index contributed by atoms with van der Waals surface area (Å²) in [5, 5.41) is 3.90. The standard InChI is InChI=1S/C10H8BrFN2O/c1-15-8-4-2-7(3-5-8)14-10(12)9(11)6-13-14/h2-6H,1H3. The number of ether oxygens (including phenoxy) is 1. The third-order valence-corrected chi connectivity index (χ3v) is 2.52. The Morgan fingerprint density at radius 2 is 2.00 bits per heavy atom. The molecule has 0 saturated carbocycles. The van der Waals surface area contributed by atoms with Gasteiger partial charge in [-0.05, 0) is 40.2 Å². The lowest BCUT2D eigenvalue weighted by atomic mass is 10.3. The zero-order valence-corrected chi connectivity index (χ0v) is 9.53. The SMILES string of the molecule is COc1ccc(-n2ncc(Br)c2F)cc1. The molecule has 0 N–H and O–H groups in total. The van der Waals surface area contributed by atoms with E-state index in [2.05, 4.69) is 21.0 Å². The highest BCUT2D eigenvalue weighted by Crippen LogP contribution is 2.19. The Balaban J connectivity index is 2.41. The van der Waals surface area contributed by atoms with Crippen molar-refractivity contribution >= 4 is 15.9 Å². The summed E-state index contributed by atoms with van der Waals surface area (Å²) < 4.78 is 20.0. The topological polar surface area (TPSA) is 27.1 Å². The zero-order chi connectivity index (χ0) is 10.8. The molecular formula is C10H8BrFN2O. The van der Waals surface area contributed by atoms with E-state index in [0.717, 1.165) is 5.75 Å². The number of rotatable bonds is 2. The highest BCUT2D eigenvalue weighted by atomic mass is 79.9. The minimum atomic E-state index is -0.417. The molecule has 0 atom stereocenters. The van der Waals surface area contributed by atoms with Crippen molar-refractivity contribution < 1.29 is 9.13 Å². The molecule has 3 nitrogen and oxygen atoms in total. The molecule has 1 aromatic heterocycles. The predicted molar refractivity (Wildman–Crippen MR) is 57.8 cm³/mol. The molecule has 1 heterocycles. The molecule has 15 heavy (non-hydrogen) atoms. The first kappa shape index (κ1) is 10.2. The highest BCUT2D eigenvalue weighted by Gasteiger charge is 2.08. The summed E-state index contributed by atoms with van der Waals surface area (Å²) in [6.45, 7) is 0. The number of hydrogen-bond donors (Lipinski definition) is 0. The average Bonchev–Trinajstić information content (AvgIpc) is 2.60. The molecular weight excluding hydrogens is 263 g/mol. The van der Waals surface area contributed by atoms with Crippen molar-refractivity contribution in [1.29, 1.82) is 0 Å². The van der Waals surface area contributed by atoms with Crippen LogP contribution in [0, 0.1) is 5.95 Å². The van der Waals surface area contributed by atoms with Gasteiger partial charge in [0.1, 0.15) is 5.75 Å². The third kappa shape index (κ3) is 1.87. The van der Waals surface area contributed by atoms with Gasteiger partial charge in [-0.3, -0.25) is 0 Å². The summed E-state index contributed by atoms with van der Waals surface area (Å²) >= 11 is 3.06. The molecule has 0 aliphatic heterocycles. The van der Waals surface area contributed by atoms with Gasteiger partial charge in [-0.2, -0.15) is 9.49 Å². The van der Waals surface area contributed by atoms with E-state index in [1.54, 1.807) is 31.4 Å². The molecule has 2 rings (SSSR count). The summed E-state index contributed by atoms with van der Waals surface area (Å²) in [5.41, 5.74) is 0.652. The molecule has 0 radical (unpaired) electrons. The molecule has 0 spiro atoms. The van der Waals surface area contributed by atoms with Crippen molar-refractivity contribution in [1.82, 2.24) is 9.78 Å². The molecule has 0 bridgehead atoms. The van der Waals surface area contributed by atoms with Crippen LogP contribution in [0.3, 0.4) is 0 Å². The van der Waals surface area contributed by atoms with Crippen molar-refractivity contribution in [2.45, 2.75) is 0 Å². The Kier molecular flexibility index (Phi) is 2.73. The van der Waals surface area contributed by atoms with Crippen LogP contribution >= 0.6 is 15.9 Å². The maximum Gasteiger partial charge on any atom is 0.230 e. The van der Waals surface area contributed by atoms with E-state index in [1.165, 1.54) is 10.9 Å². The van der Waals surface area contributed by atoms with E-state index in [0.29, 0.717) is 10.2 Å². The molecule has 0 aliphatic carbocycles. The Morgan fingerprint density at radius 1 is 1.33 bits per heavy atom. The van der Waals surface area contributed by atoms with Crippen LogP contribution in [0.2, 0.25) is 0 Å². The van der Waals surface area contributed by atoms with Gasteiger partial charge in [0.25, 0.3) is 0 Å². The van der Waals surface area contributed by atoms with Crippen LogP contribution < -0.4 is 4.74 Å².